The van der Waals surface area contributed by atoms with Crippen LogP contribution in [0.4, 0.5) is 5.82 Å². The highest BCUT2D eigenvalue weighted by Crippen LogP contribution is 2.38. The van der Waals surface area contributed by atoms with Crippen LogP contribution < -0.4 is 5.73 Å². The van der Waals surface area contributed by atoms with Crippen LogP contribution in [0.5, 0.6) is 0 Å². The first-order valence-electron chi connectivity index (χ1n) is 8.05. The van der Waals surface area contributed by atoms with E-state index in [9.17, 15) is 0 Å². The molecule has 0 aliphatic heterocycles. The third-order valence-corrected chi connectivity index (χ3v) is 4.71. The Kier molecular flexibility index (Phi) is 3.75. The molecular formula is C18H25N3. The van der Waals surface area contributed by atoms with Gasteiger partial charge < -0.3 is 10.3 Å². The lowest BCUT2D eigenvalue weighted by atomic mass is 10.0. The minimum Gasteiger partial charge on any atom is -0.383 e. The molecular weight excluding hydrogens is 258 g/mol. The van der Waals surface area contributed by atoms with E-state index in [1.54, 1.807) is 0 Å². The number of nitrogen functional groups attached to an aromatic ring is 1. The summed E-state index contributed by atoms with van der Waals surface area (Å²) >= 11 is 0. The molecule has 3 heteroatoms. The van der Waals surface area contributed by atoms with Crippen LogP contribution in [0.25, 0.3) is 11.3 Å². The molecule has 0 atom stereocenters. The van der Waals surface area contributed by atoms with Gasteiger partial charge in [-0.2, -0.15) is 0 Å². The molecule has 112 valence electrons. The van der Waals surface area contributed by atoms with Crippen molar-refractivity contribution in [3.05, 3.63) is 35.2 Å². The molecule has 1 aliphatic rings. The Bertz CT molecular complexity index is 649. The molecule has 0 unspecified atom stereocenters. The second kappa shape index (κ2) is 5.55. The number of aryl methyl sites for hydroxylation is 2. The number of hydrogen-bond donors (Lipinski definition) is 1. The van der Waals surface area contributed by atoms with Crippen molar-refractivity contribution in [2.45, 2.75) is 58.9 Å². The van der Waals surface area contributed by atoms with E-state index in [4.69, 9.17) is 10.7 Å². The van der Waals surface area contributed by atoms with Crippen molar-refractivity contribution in [1.82, 2.24) is 9.55 Å². The van der Waals surface area contributed by atoms with E-state index in [-0.39, 0.29) is 0 Å². The number of aromatic nitrogens is 2. The van der Waals surface area contributed by atoms with Gasteiger partial charge >= 0.3 is 0 Å². The summed E-state index contributed by atoms with van der Waals surface area (Å²) in [6.45, 7) is 7.31. The van der Waals surface area contributed by atoms with E-state index in [0.29, 0.717) is 5.92 Å². The molecule has 1 fully saturated rings. The molecule has 0 amide bonds. The zero-order chi connectivity index (χ0) is 15.0. The molecule has 0 radical (unpaired) electrons. The molecule has 3 nitrogen and oxygen atoms in total. The van der Waals surface area contributed by atoms with Crippen LogP contribution in [-0.4, -0.2) is 9.55 Å². The maximum atomic E-state index is 6.42. The van der Waals surface area contributed by atoms with E-state index in [1.807, 2.05) is 0 Å². The van der Waals surface area contributed by atoms with Crippen molar-refractivity contribution in [2.24, 2.45) is 0 Å². The summed E-state index contributed by atoms with van der Waals surface area (Å²) < 4.78 is 2.21. The first kappa shape index (κ1) is 14.2. The van der Waals surface area contributed by atoms with E-state index in [1.165, 1.54) is 48.2 Å². The maximum Gasteiger partial charge on any atom is 0.131 e. The van der Waals surface area contributed by atoms with Gasteiger partial charge in [0.15, 0.2) is 0 Å². The first-order chi connectivity index (χ1) is 10.1. The van der Waals surface area contributed by atoms with Gasteiger partial charge in [0.25, 0.3) is 0 Å². The van der Waals surface area contributed by atoms with Crippen LogP contribution >= 0.6 is 0 Å². The van der Waals surface area contributed by atoms with Gasteiger partial charge in [0, 0.05) is 18.0 Å². The number of nitrogens with two attached hydrogens (primary N) is 1. The zero-order valence-corrected chi connectivity index (χ0v) is 13.3. The number of benzene rings is 1. The molecule has 2 aromatic rings. The fraction of sp³-hybridized carbons (Fsp3) is 0.500. The predicted molar refractivity (Wildman–Crippen MR) is 88.4 cm³/mol. The summed E-state index contributed by atoms with van der Waals surface area (Å²) in [6.07, 6.45) is 5.14. The Balaban J connectivity index is 2.10. The normalized spacial score (nSPS) is 15.8. The molecule has 1 saturated carbocycles. The number of hydrogen-bond acceptors (Lipinski definition) is 2. The smallest absolute Gasteiger partial charge is 0.131 e. The van der Waals surface area contributed by atoms with Gasteiger partial charge in [0.2, 0.25) is 0 Å². The van der Waals surface area contributed by atoms with Crippen molar-refractivity contribution in [3.8, 4) is 11.3 Å². The van der Waals surface area contributed by atoms with E-state index >= 15 is 0 Å². The minimum absolute atomic E-state index is 0.590. The summed E-state index contributed by atoms with van der Waals surface area (Å²) in [4.78, 5) is 4.96. The highest BCUT2D eigenvalue weighted by molar-refractivity contribution is 5.74. The largest absolute Gasteiger partial charge is 0.383 e. The van der Waals surface area contributed by atoms with E-state index in [0.717, 1.165) is 18.1 Å². The molecule has 0 bridgehead atoms. The van der Waals surface area contributed by atoms with Crippen LogP contribution in [-0.2, 0) is 6.54 Å². The zero-order valence-electron chi connectivity index (χ0n) is 13.3. The molecule has 1 heterocycles. The van der Waals surface area contributed by atoms with Gasteiger partial charge in [-0.15, -0.1) is 0 Å². The summed E-state index contributed by atoms with van der Waals surface area (Å²) in [5, 5.41) is 0. The van der Waals surface area contributed by atoms with Crippen LogP contribution in [0.15, 0.2) is 18.2 Å². The second-order valence-corrected chi connectivity index (χ2v) is 6.25. The maximum absolute atomic E-state index is 6.42. The Morgan fingerprint density at radius 1 is 1.24 bits per heavy atom. The minimum atomic E-state index is 0.590. The lowest BCUT2D eigenvalue weighted by Gasteiger charge is -2.11. The Hall–Kier alpha value is -1.77. The Morgan fingerprint density at radius 2 is 1.95 bits per heavy atom. The molecule has 0 spiro atoms. The highest BCUT2D eigenvalue weighted by Gasteiger charge is 2.25. The number of imidazole rings is 1. The van der Waals surface area contributed by atoms with Gasteiger partial charge in [0.1, 0.15) is 17.3 Å². The van der Waals surface area contributed by atoms with Gasteiger partial charge in [0.05, 0.1) is 0 Å². The summed E-state index contributed by atoms with van der Waals surface area (Å²) in [5.74, 6) is 2.61. The summed E-state index contributed by atoms with van der Waals surface area (Å²) in [6, 6.07) is 6.50. The Morgan fingerprint density at radius 3 is 2.57 bits per heavy atom. The molecule has 1 aromatic carbocycles. The molecule has 3 rings (SSSR count). The van der Waals surface area contributed by atoms with Gasteiger partial charge in [-0.05, 0) is 39.2 Å². The quantitative estimate of drug-likeness (QED) is 0.905. The fourth-order valence-corrected chi connectivity index (χ4v) is 3.59. The highest BCUT2D eigenvalue weighted by atomic mass is 15.1. The van der Waals surface area contributed by atoms with Crippen molar-refractivity contribution in [1.29, 1.82) is 0 Å². The molecule has 0 saturated heterocycles. The van der Waals surface area contributed by atoms with Crippen LogP contribution in [0, 0.1) is 13.8 Å². The van der Waals surface area contributed by atoms with Gasteiger partial charge in [-0.3, -0.25) is 0 Å². The van der Waals surface area contributed by atoms with Crippen LogP contribution in [0.2, 0.25) is 0 Å². The van der Waals surface area contributed by atoms with Crippen molar-refractivity contribution in [2.75, 3.05) is 5.73 Å². The third kappa shape index (κ3) is 2.45. The number of nitrogens with zero attached hydrogens (tertiary/aromatic N) is 2. The van der Waals surface area contributed by atoms with Crippen LogP contribution in [0.3, 0.4) is 0 Å². The lowest BCUT2D eigenvalue weighted by Crippen LogP contribution is -2.08. The molecule has 21 heavy (non-hydrogen) atoms. The fourth-order valence-electron chi connectivity index (χ4n) is 3.59. The van der Waals surface area contributed by atoms with Crippen molar-refractivity contribution in [3.63, 3.8) is 0 Å². The lowest BCUT2D eigenvalue weighted by molar-refractivity contribution is 0.604. The average molecular weight is 283 g/mol. The number of rotatable bonds is 3. The van der Waals surface area contributed by atoms with Gasteiger partial charge in [-0.1, -0.05) is 36.6 Å². The number of anilines is 1. The van der Waals surface area contributed by atoms with Crippen molar-refractivity contribution < 1.29 is 0 Å². The topological polar surface area (TPSA) is 43.8 Å². The van der Waals surface area contributed by atoms with E-state index in [2.05, 4.69) is 43.5 Å². The third-order valence-electron chi connectivity index (χ3n) is 4.71. The second-order valence-electron chi connectivity index (χ2n) is 6.25. The molecule has 2 N–H and O–H groups in total. The Labute approximate surface area is 127 Å². The predicted octanol–water partition coefficient (Wildman–Crippen LogP) is 4.43. The monoisotopic (exact) mass is 283 g/mol. The SMILES string of the molecule is CCn1c(C2CCCC2)nc(-c2ccc(C)cc2C)c1N. The summed E-state index contributed by atoms with van der Waals surface area (Å²) in [7, 11) is 0. The van der Waals surface area contributed by atoms with Gasteiger partial charge in [-0.25, -0.2) is 4.98 Å². The molecule has 1 aliphatic carbocycles. The van der Waals surface area contributed by atoms with Crippen molar-refractivity contribution >= 4 is 5.82 Å². The van der Waals surface area contributed by atoms with E-state index < -0.39 is 0 Å². The summed E-state index contributed by atoms with van der Waals surface area (Å²) in [5.41, 5.74) is 11.1. The first-order valence-corrected chi connectivity index (χ1v) is 8.05. The molecule has 1 aromatic heterocycles. The van der Waals surface area contributed by atoms with Crippen LogP contribution in [0.1, 0.15) is 55.5 Å². The standard InChI is InChI=1S/C18H25N3/c1-4-21-17(19)16(15-10-9-12(2)11-13(15)3)20-18(21)14-7-5-6-8-14/h9-11,14H,4-8,19H2,1-3H3. The average Bonchev–Trinajstić information content (AvgIpc) is 3.07.